The molecule has 0 aliphatic heterocycles. The van der Waals surface area contributed by atoms with Crippen LogP contribution in [0.15, 0.2) is 108 Å². The standard InChI is InChI=1S/C37H40ClN3O5S/c1-27-17-19-29(20-18-27)25-40(34(23-28-11-5-3-6-12-28)37(43)39-31-13-9-10-14-31)36(42)26-41(33-24-30(38)21-22-35(33)46-2)47(44,45)32-15-7-4-8-16-32/h3-8,11-12,15-22,24,31,34H,9-10,13-14,23,25-26H2,1-2H3,(H,39,43)/t34-/m1/s1. The molecule has 1 saturated carbocycles. The van der Waals surface area contributed by atoms with Gasteiger partial charge >= 0.3 is 0 Å². The molecule has 10 heteroatoms. The van der Waals surface area contributed by atoms with Crippen LogP contribution in [0.25, 0.3) is 0 Å². The van der Waals surface area contributed by atoms with Gasteiger partial charge in [-0.15, -0.1) is 0 Å². The molecule has 8 nitrogen and oxygen atoms in total. The maximum absolute atomic E-state index is 14.7. The third kappa shape index (κ3) is 8.53. The molecule has 5 rings (SSSR count). The van der Waals surface area contributed by atoms with E-state index in [1.807, 2.05) is 61.5 Å². The molecule has 1 fully saturated rings. The van der Waals surface area contributed by atoms with E-state index in [9.17, 15) is 18.0 Å². The normalized spacial score (nSPS) is 13.9. The minimum Gasteiger partial charge on any atom is -0.495 e. The van der Waals surface area contributed by atoms with Crippen molar-refractivity contribution in [1.29, 1.82) is 0 Å². The van der Waals surface area contributed by atoms with Crippen LogP contribution in [0.2, 0.25) is 5.02 Å². The number of amides is 2. The molecule has 0 saturated heterocycles. The molecule has 0 heterocycles. The highest BCUT2D eigenvalue weighted by Gasteiger charge is 2.36. The van der Waals surface area contributed by atoms with Gasteiger partial charge in [-0.25, -0.2) is 8.42 Å². The van der Waals surface area contributed by atoms with Crippen LogP contribution >= 0.6 is 11.6 Å². The lowest BCUT2D eigenvalue weighted by atomic mass is 10.0. The van der Waals surface area contributed by atoms with Gasteiger partial charge in [-0.2, -0.15) is 0 Å². The fourth-order valence-corrected chi connectivity index (χ4v) is 7.51. The monoisotopic (exact) mass is 673 g/mol. The number of hydrogen-bond donors (Lipinski definition) is 1. The average molecular weight is 674 g/mol. The number of hydrogen-bond acceptors (Lipinski definition) is 5. The number of halogens is 1. The number of anilines is 1. The molecule has 1 atom stereocenters. The second kappa shape index (κ2) is 15.5. The third-order valence-electron chi connectivity index (χ3n) is 8.47. The van der Waals surface area contributed by atoms with Crippen molar-refractivity contribution in [2.75, 3.05) is 18.0 Å². The van der Waals surface area contributed by atoms with Crippen molar-refractivity contribution in [3.8, 4) is 5.75 Å². The Morgan fingerprint density at radius 1 is 0.894 bits per heavy atom. The molecule has 0 spiro atoms. The van der Waals surface area contributed by atoms with E-state index in [-0.39, 0.29) is 46.3 Å². The highest BCUT2D eigenvalue weighted by molar-refractivity contribution is 7.92. The maximum atomic E-state index is 14.7. The van der Waals surface area contributed by atoms with Crippen molar-refractivity contribution in [2.24, 2.45) is 0 Å². The zero-order valence-corrected chi connectivity index (χ0v) is 28.2. The summed E-state index contributed by atoms with van der Waals surface area (Å²) in [5.41, 5.74) is 2.86. The van der Waals surface area contributed by atoms with Crippen LogP contribution in [0.3, 0.4) is 0 Å². The van der Waals surface area contributed by atoms with Gasteiger partial charge in [0.2, 0.25) is 11.8 Å². The number of carbonyl (C=O) groups excluding carboxylic acids is 2. The van der Waals surface area contributed by atoms with Gasteiger partial charge < -0.3 is 15.0 Å². The fourth-order valence-electron chi connectivity index (χ4n) is 5.90. The van der Waals surface area contributed by atoms with Crippen molar-refractivity contribution in [1.82, 2.24) is 10.2 Å². The second-order valence-electron chi connectivity index (χ2n) is 11.8. The Morgan fingerprint density at radius 2 is 1.53 bits per heavy atom. The van der Waals surface area contributed by atoms with Crippen LogP contribution in [0.1, 0.15) is 42.4 Å². The summed E-state index contributed by atoms with van der Waals surface area (Å²) < 4.78 is 35.1. The topological polar surface area (TPSA) is 96.0 Å². The lowest BCUT2D eigenvalue weighted by molar-refractivity contribution is -0.140. The summed E-state index contributed by atoms with van der Waals surface area (Å²) in [6.07, 6.45) is 4.09. The molecular weight excluding hydrogens is 634 g/mol. The Kier molecular flexibility index (Phi) is 11.2. The number of nitrogens with one attached hydrogen (secondary N) is 1. The van der Waals surface area contributed by atoms with Crippen LogP contribution in [0.4, 0.5) is 5.69 Å². The summed E-state index contributed by atoms with van der Waals surface area (Å²) in [5, 5.41) is 3.47. The van der Waals surface area contributed by atoms with E-state index in [0.29, 0.717) is 0 Å². The largest absolute Gasteiger partial charge is 0.495 e. The number of aryl methyl sites for hydroxylation is 1. The second-order valence-corrected chi connectivity index (χ2v) is 14.1. The predicted molar refractivity (Wildman–Crippen MR) is 185 cm³/mol. The molecule has 47 heavy (non-hydrogen) atoms. The smallest absolute Gasteiger partial charge is 0.264 e. The summed E-state index contributed by atoms with van der Waals surface area (Å²) >= 11 is 6.37. The van der Waals surface area contributed by atoms with Crippen LogP contribution in [-0.2, 0) is 32.6 Å². The molecule has 2 amide bonds. The first-order chi connectivity index (χ1) is 22.7. The SMILES string of the molecule is COc1ccc(Cl)cc1N(CC(=O)N(Cc1ccc(C)cc1)[C@H](Cc1ccccc1)C(=O)NC1CCCC1)S(=O)(=O)c1ccccc1. The minimum atomic E-state index is -4.29. The Hall–Kier alpha value is -4.34. The van der Waals surface area contributed by atoms with Crippen LogP contribution in [-0.4, -0.2) is 50.9 Å². The van der Waals surface area contributed by atoms with Crippen molar-refractivity contribution < 1.29 is 22.7 Å². The molecular formula is C37H40ClN3O5S. The zero-order valence-electron chi connectivity index (χ0n) is 26.6. The number of ether oxygens (including phenoxy) is 1. The average Bonchev–Trinajstić information content (AvgIpc) is 3.59. The summed E-state index contributed by atoms with van der Waals surface area (Å²) in [5.74, 6) is -0.583. The van der Waals surface area contributed by atoms with Gasteiger partial charge in [0.05, 0.1) is 17.7 Å². The van der Waals surface area contributed by atoms with E-state index in [0.717, 1.165) is 46.7 Å². The Bertz CT molecular complexity index is 1760. The van der Waals surface area contributed by atoms with Gasteiger partial charge in [-0.05, 0) is 61.2 Å². The Balaban J connectivity index is 1.59. The summed E-state index contributed by atoms with van der Waals surface area (Å²) in [6.45, 7) is 1.48. The summed E-state index contributed by atoms with van der Waals surface area (Å²) in [7, 11) is -2.86. The molecule has 0 bridgehead atoms. The number of sulfonamides is 1. The third-order valence-corrected chi connectivity index (χ3v) is 10.5. The molecule has 0 radical (unpaired) electrons. The van der Waals surface area contributed by atoms with Crippen molar-refractivity contribution in [3.63, 3.8) is 0 Å². The predicted octanol–water partition coefficient (Wildman–Crippen LogP) is 6.55. The zero-order chi connectivity index (χ0) is 33.4. The quantitative estimate of drug-likeness (QED) is 0.174. The van der Waals surface area contributed by atoms with Crippen LogP contribution in [0, 0.1) is 6.92 Å². The molecule has 246 valence electrons. The van der Waals surface area contributed by atoms with Gasteiger partial charge in [-0.3, -0.25) is 13.9 Å². The highest BCUT2D eigenvalue weighted by atomic mass is 35.5. The molecule has 4 aromatic carbocycles. The van der Waals surface area contributed by atoms with Gasteiger partial charge in [0.25, 0.3) is 10.0 Å². The molecule has 0 aromatic heterocycles. The van der Waals surface area contributed by atoms with E-state index in [4.69, 9.17) is 16.3 Å². The number of carbonyl (C=O) groups is 2. The lowest BCUT2D eigenvalue weighted by Crippen LogP contribution is -2.54. The maximum Gasteiger partial charge on any atom is 0.264 e. The first-order valence-corrected chi connectivity index (χ1v) is 17.6. The van der Waals surface area contributed by atoms with Crippen LogP contribution < -0.4 is 14.4 Å². The van der Waals surface area contributed by atoms with Gasteiger partial charge in [0, 0.05) is 24.0 Å². The van der Waals surface area contributed by atoms with Gasteiger partial charge in [-0.1, -0.05) is 103 Å². The van der Waals surface area contributed by atoms with Crippen molar-refractivity contribution >= 4 is 39.1 Å². The van der Waals surface area contributed by atoms with Gasteiger partial charge in [0.1, 0.15) is 18.3 Å². The summed E-state index contributed by atoms with van der Waals surface area (Å²) in [4.78, 5) is 30.3. The Morgan fingerprint density at radius 3 is 2.17 bits per heavy atom. The summed E-state index contributed by atoms with van der Waals surface area (Å²) in [6, 6.07) is 28.9. The molecule has 1 aliphatic carbocycles. The number of rotatable bonds is 13. The molecule has 4 aromatic rings. The van der Waals surface area contributed by atoms with E-state index in [1.165, 1.54) is 30.2 Å². The molecule has 1 aliphatic rings. The number of benzene rings is 4. The fraction of sp³-hybridized carbons (Fsp3) is 0.297. The van der Waals surface area contributed by atoms with Gasteiger partial charge in [0.15, 0.2) is 0 Å². The first kappa shape index (κ1) is 34.0. The highest BCUT2D eigenvalue weighted by Crippen LogP contribution is 2.35. The number of methoxy groups -OCH3 is 1. The van der Waals surface area contributed by atoms with Crippen molar-refractivity contribution in [3.05, 3.63) is 125 Å². The molecule has 0 unspecified atom stereocenters. The lowest BCUT2D eigenvalue weighted by Gasteiger charge is -2.34. The number of nitrogens with zero attached hydrogens (tertiary/aromatic N) is 2. The van der Waals surface area contributed by atoms with E-state index in [1.54, 1.807) is 30.3 Å². The molecule has 1 N–H and O–H groups in total. The van der Waals surface area contributed by atoms with Crippen molar-refractivity contribution in [2.45, 2.75) is 62.6 Å². The van der Waals surface area contributed by atoms with E-state index in [2.05, 4.69) is 5.32 Å². The minimum absolute atomic E-state index is 0.000254. The first-order valence-electron chi connectivity index (χ1n) is 15.8. The van der Waals surface area contributed by atoms with E-state index >= 15 is 0 Å². The van der Waals surface area contributed by atoms with Crippen LogP contribution in [0.5, 0.6) is 5.75 Å². The van der Waals surface area contributed by atoms with E-state index < -0.39 is 28.5 Å². The Labute approximate surface area is 282 Å².